The molecule has 0 atom stereocenters. The molecule has 1 N–H and O–H groups in total. The summed E-state index contributed by atoms with van der Waals surface area (Å²) in [4.78, 5) is 1.96. The van der Waals surface area contributed by atoms with Gasteiger partial charge in [-0.2, -0.15) is 0 Å². The number of aromatic nitrogens is 2. The highest BCUT2D eigenvalue weighted by molar-refractivity contribution is 9.10. The Labute approximate surface area is 126 Å². The average molecular weight is 337 g/mol. The third-order valence-corrected chi connectivity index (χ3v) is 3.76. The van der Waals surface area contributed by atoms with E-state index in [1.54, 1.807) is 0 Å². The predicted molar refractivity (Wildman–Crippen MR) is 80.4 cm³/mol. The van der Waals surface area contributed by atoms with Crippen molar-refractivity contribution in [3.63, 3.8) is 0 Å². The topological polar surface area (TPSA) is 54.2 Å². The molecule has 1 aromatic heterocycles. The van der Waals surface area contributed by atoms with Crippen LogP contribution in [0.15, 0.2) is 33.2 Å². The van der Waals surface area contributed by atoms with Crippen molar-refractivity contribution in [2.75, 3.05) is 11.9 Å². The summed E-state index contributed by atoms with van der Waals surface area (Å²) in [5, 5.41) is 11.5. The summed E-state index contributed by atoms with van der Waals surface area (Å²) in [5.41, 5.74) is 1.20. The Hall–Kier alpha value is -1.40. The van der Waals surface area contributed by atoms with Crippen LogP contribution in [-0.2, 0) is 13.1 Å². The summed E-state index contributed by atoms with van der Waals surface area (Å²) in [6.45, 7) is 1.40. The van der Waals surface area contributed by atoms with Gasteiger partial charge in [0, 0.05) is 24.1 Å². The van der Waals surface area contributed by atoms with Crippen LogP contribution >= 0.6 is 15.9 Å². The average Bonchev–Trinajstić information content (AvgIpc) is 3.15. The van der Waals surface area contributed by atoms with E-state index in [-0.39, 0.29) is 0 Å². The summed E-state index contributed by atoms with van der Waals surface area (Å²) in [6.07, 6.45) is 2.51. The molecule has 1 aliphatic carbocycles. The third kappa shape index (κ3) is 3.58. The monoisotopic (exact) mass is 336 g/mol. The number of nitrogens with zero attached hydrogens (tertiary/aromatic N) is 3. The normalized spacial score (nSPS) is 14.5. The molecule has 1 heterocycles. The van der Waals surface area contributed by atoms with E-state index in [1.165, 1.54) is 18.4 Å². The van der Waals surface area contributed by atoms with Crippen molar-refractivity contribution in [2.45, 2.75) is 32.0 Å². The van der Waals surface area contributed by atoms with Crippen LogP contribution < -0.4 is 10.2 Å². The van der Waals surface area contributed by atoms with Gasteiger partial charge in [-0.05, 0) is 30.5 Å². The summed E-state index contributed by atoms with van der Waals surface area (Å²) in [7, 11) is 1.95. The van der Waals surface area contributed by atoms with E-state index in [1.807, 2.05) is 24.1 Å². The Bertz CT molecular complexity index is 565. The molecule has 3 rings (SSSR count). The fourth-order valence-electron chi connectivity index (χ4n) is 1.92. The molecule has 0 spiro atoms. The number of rotatable bonds is 6. The van der Waals surface area contributed by atoms with Crippen LogP contribution in [0.5, 0.6) is 0 Å². The van der Waals surface area contributed by atoms with Gasteiger partial charge in [-0.25, -0.2) is 0 Å². The lowest BCUT2D eigenvalue weighted by atomic mass is 10.2. The Morgan fingerprint density at radius 1 is 1.30 bits per heavy atom. The van der Waals surface area contributed by atoms with Crippen LogP contribution in [0.1, 0.15) is 24.3 Å². The lowest BCUT2D eigenvalue weighted by Gasteiger charge is -2.13. The molecule has 5 nitrogen and oxygen atoms in total. The summed E-state index contributed by atoms with van der Waals surface area (Å²) in [6, 6.07) is 9.41. The first kappa shape index (κ1) is 13.6. The molecule has 6 heteroatoms. The first-order valence-electron chi connectivity index (χ1n) is 6.72. The van der Waals surface area contributed by atoms with Crippen molar-refractivity contribution in [1.29, 1.82) is 0 Å². The lowest BCUT2D eigenvalue weighted by molar-refractivity contribution is 0.464. The minimum atomic E-state index is 0.556. The molecule has 1 aromatic carbocycles. The molecular formula is C14H17BrN4O. The fourth-order valence-corrected chi connectivity index (χ4v) is 2.19. The van der Waals surface area contributed by atoms with Gasteiger partial charge in [0.1, 0.15) is 0 Å². The SMILES string of the molecule is CN(Cc1ccc(Br)cc1)c1nnc(CNC2CC2)o1. The predicted octanol–water partition coefficient (Wildman–Crippen LogP) is 2.72. The van der Waals surface area contributed by atoms with Gasteiger partial charge in [0.15, 0.2) is 0 Å². The zero-order valence-electron chi connectivity index (χ0n) is 11.3. The Balaban J connectivity index is 1.58. The minimum absolute atomic E-state index is 0.556. The molecule has 0 unspecified atom stereocenters. The minimum Gasteiger partial charge on any atom is -0.407 e. The van der Waals surface area contributed by atoms with Gasteiger partial charge >= 0.3 is 6.01 Å². The summed E-state index contributed by atoms with van der Waals surface area (Å²) >= 11 is 3.43. The van der Waals surface area contributed by atoms with E-state index < -0.39 is 0 Å². The Kier molecular flexibility index (Phi) is 4.03. The molecule has 0 saturated heterocycles. The highest BCUT2D eigenvalue weighted by Gasteiger charge is 2.21. The number of benzene rings is 1. The highest BCUT2D eigenvalue weighted by Crippen LogP contribution is 2.20. The molecule has 0 bridgehead atoms. The van der Waals surface area contributed by atoms with Crippen molar-refractivity contribution in [3.05, 3.63) is 40.2 Å². The fraction of sp³-hybridized carbons (Fsp3) is 0.429. The van der Waals surface area contributed by atoms with Crippen LogP contribution in [-0.4, -0.2) is 23.3 Å². The quantitative estimate of drug-likeness (QED) is 0.878. The van der Waals surface area contributed by atoms with E-state index in [0.717, 1.165) is 11.0 Å². The zero-order valence-corrected chi connectivity index (χ0v) is 12.9. The van der Waals surface area contributed by atoms with Crippen molar-refractivity contribution < 1.29 is 4.42 Å². The first-order chi connectivity index (χ1) is 9.70. The van der Waals surface area contributed by atoms with Gasteiger partial charge in [0.25, 0.3) is 0 Å². The van der Waals surface area contributed by atoms with Crippen molar-refractivity contribution in [2.24, 2.45) is 0 Å². The molecular weight excluding hydrogens is 320 g/mol. The molecule has 1 fully saturated rings. The van der Waals surface area contributed by atoms with Crippen LogP contribution in [0.25, 0.3) is 0 Å². The summed E-state index contributed by atoms with van der Waals surface area (Å²) in [5.74, 6) is 0.648. The number of anilines is 1. The van der Waals surface area contributed by atoms with Crippen LogP contribution in [0, 0.1) is 0 Å². The van der Waals surface area contributed by atoms with Crippen molar-refractivity contribution in [1.82, 2.24) is 15.5 Å². The second kappa shape index (κ2) is 5.93. The van der Waals surface area contributed by atoms with E-state index in [0.29, 0.717) is 24.5 Å². The van der Waals surface area contributed by atoms with Crippen LogP contribution in [0.2, 0.25) is 0 Å². The molecule has 0 amide bonds. The van der Waals surface area contributed by atoms with Gasteiger partial charge in [0.2, 0.25) is 5.89 Å². The molecule has 20 heavy (non-hydrogen) atoms. The van der Waals surface area contributed by atoms with Crippen molar-refractivity contribution in [3.8, 4) is 0 Å². The van der Waals surface area contributed by atoms with Gasteiger partial charge in [-0.15, -0.1) is 5.10 Å². The van der Waals surface area contributed by atoms with E-state index in [9.17, 15) is 0 Å². The summed E-state index contributed by atoms with van der Waals surface area (Å²) < 4.78 is 6.73. The smallest absolute Gasteiger partial charge is 0.318 e. The second-order valence-corrected chi connectivity index (χ2v) is 6.03. The molecule has 0 radical (unpaired) electrons. The first-order valence-corrected chi connectivity index (χ1v) is 7.51. The van der Waals surface area contributed by atoms with Gasteiger partial charge in [-0.1, -0.05) is 33.2 Å². The molecule has 106 valence electrons. The second-order valence-electron chi connectivity index (χ2n) is 5.12. The maximum Gasteiger partial charge on any atom is 0.318 e. The Morgan fingerprint density at radius 3 is 2.75 bits per heavy atom. The zero-order chi connectivity index (χ0) is 13.9. The lowest BCUT2D eigenvalue weighted by Crippen LogP contribution is -2.16. The number of hydrogen-bond donors (Lipinski definition) is 1. The maximum absolute atomic E-state index is 5.65. The Morgan fingerprint density at radius 2 is 2.05 bits per heavy atom. The third-order valence-electron chi connectivity index (χ3n) is 3.24. The molecule has 1 aliphatic rings. The number of hydrogen-bond acceptors (Lipinski definition) is 5. The number of nitrogens with one attached hydrogen (secondary N) is 1. The molecule has 1 saturated carbocycles. The van der Waals surface area contributed by atoms with E-state index in [2.05, 4.69) is 43.6 Å². The standard InChI is InChI=1S/C14H17BrN4O/c1-19(9-10-2-4-11(15)5-3-10)14-18-17-13(20-14)8-16-12-6-7-12/h2-5,12,16H,6-9H2,1H3. The molecule has 0 aliphatic heterocycles. The molecule has 2 aromatic rings. The largest absolute Gasteiger partial charge is 0.407 e. The van der Waals surface area contributed by atoms with Gasteiger partial charge in [-0.3, -0.25) is 0 Å². The van der Waals surface area contributed by atoms with Gasteiger partial charge < -0.3 is 14.6 Å². The van der Waals surface area contributed by atoms with Crippen LogP contribution in [0.4, 0.5) is 6.01 Å². The maximum atomic E-state index is 5.65. The van der Waals surface area contributed by atoms with Gasteiger partial charge in [0.05, 0.1) is 6.54 Å². The van der Waals surface area contributed by atoms with E-state index in [4.69, 9.17) is 4.42 Å². The van der Waals surface area contributed by atoms with Crippen molar-refractivity contribution >= 4 is 21.9 Å². The van der Waals surface area contributed by atoms with Crippen LogP contribution in [0.3, 0.4) is 0 Å². The highest BCUT2D eigenvalue weighted by atomic mass is 79.9. The number of halogens is 1. The van der Waals surface area contributed by atoms with E-state index >= 15 is 0 Å².